The molecule has 0 amide bonds. The lowest BCUT2D eigenvalue weighted by molar-refractivity contribution is 1.01. The molecule has 0 bridgehead atoms. The van der Waals surface area contributed by atoms with Crippen LogP contribution < -0.4 is 0 Å². The molecule has 12 rings (SSSR count). The van der Waals surface area contributed by atoms with Gasteiger partial charge < -0.3 is 4.57 Å². The molecule has 0 aliphatic carbocycles. The Labute approximate surface area is 355 Å². The van der Waals surface area contributed by atoms with E-state index in [1.54, 1.807) is 0 Å². The van der Waals surface area contributed by atoms with Crippen LogP contribution in [-0.2, 0) is 0 Å². The Morgan fingerprint density at radius 2 is 0.738 bits per heavy atom. The highest BCUT2D eigenvalue weighted by Gasteiger charge is 2.33. The van der Waals surface area contributed by atoms with Crippen molar-refractivity contribution in [2.75, 3.05) is 0 Å². The van der Waals surface area contributed by atoms with E-state index in [9.17, 15) is 0 Å². The third-order valence-corrected chi connectivity index (χ3v) is 16.0. The number of benzene rings is 9. The highest BCUT2D eigenvalue weighted by Crippen LogP contribution is 2.73. The Hall–Kier alpha value is -7.73. The van der Waals surface area contributed by atoms with Crippen LogP contribution in [0.25, 0.3) is 77.4 Å². The Kier molecular flexibility index (Phi) is 8.22. The minimum Gasteiger partial charge on any atom is -0.309 e. The number of hydrogen-bond acceptors (Lipinski definition) is 2. The van der Waals surface area contributed by atoms with Crippen molar-refractivity contribution >= 4 is 64.5 Å². The molecule has 0 saturated carbocycles. The number of nitrogens with zero attached hydrogens (tertiary/aromatic N) is 4. The van der Waals surface area contributed by atoms with Crippen molar-refractivity contribution in [3.63, 3.8) is 0 Å². The van der Waals surface area contributed by atoms with Crippen molar-refractivity contribution in [2.45, 2.75) is 19.6 Å². The molecule has 0 fully saturated rings. The van der Waals surface area contributed by atoms with Crippen LogP contribution in [0.1, 0.15) is 0 Å². The summed E-state index contributed by atoms with van der Waals surface area (Å²) in [6.07, 6.45) is 0. The van der Waals surface area contributed by atoms with E-state index in [1.165, 1.54) is 52.2 Å². The second-order valence-corrected chi connectivity index (χ2v) is 18.5. The van der Waals surface area contributed by atoms with E-state index in [1.807, 2.05) is 0 Å². The zero-order chi connectivity index (χ0) is 40.3. The first kappa shape index (κ1) is 35.2. The Balaban J connectivity index is 1.09. The maximum Gasteiger partial charge on any atom is 0.235 e. The molecule has 288 valence electrons. The second-order valence-electron chi connectivity index (χ2n) is 15.4. The lowest BCUT2D eigenvalue weighted by Gasteiger charge is -2.42. The quantitative estimate of drug-likeness (QED) is 0.161. The fourth-order valence-electron chi connectivity index (χ4n) is 9.48. The molecule has 0 aliphatic heterocycles. The number of hydrogen-bond donors (Lipinski definition) is 0. The summed E-state index contributed by atoms with van der Waals surface area (Å²) < 4.78 is 4.65. The van der Waals surface area contributed by atoms with Gasteiger partial charge in [0.05, 0.1) is 33.3 Å². The lowest BCUT2D eigenvalue weighted by Crippen LogP contribution is -2.05. The fraction of sp³-hybridized carbons (Fsp3) is 0. The van der Waals surface area contributed by atoms with Crippen molar-refractivity contribution in [3.05, 3.63) is 231 Å². The van der Waals surface area contributed by atoms with Crippen LogP contribution in [0.5, 0.6) is 0 Å². The van der Waals surface area contributed by atoms with Crippen LogP contribution in [0.2, 0.25) is 0 Å². The first-order valence-corrected chi connectivity index (χ1v) is 22.3. The van der Waals surface area contributed by atoms with Gasteiger partial charge in [-0.1, -0.05) is 140 Å². The summed E-state index contributed by atoms with van der Waals surface area (Å²) in [6, 6.07) is 83.2. The fourth-order valence-corrected chi connectivity index (χ4v) is 13.4. The van der Waals surface area contributed by atoms with Gasteiger partial charge in [-0.2, -0.15) is 0 Å². The second kappa shape index (κ2) is 14.2. The molecule has 0 aliphatic rings. The smallest absolute Gasteiger partial charge is 0.235 e. The van der Waals surface area contributed by atoms with Gasteiger partial charge >= 0.3 is 0 Å². The summed E-state index contributed by atoms with van der Waals surface area (Å²) in [7, 11) is -1.83. The average molecular weight is 799 g/mol. The summed E-state index contributed by atoms with van der Waals surface area (Å²) in [5.74, 6) is 0.646. The largest absolute Gasteiger partial charge is 0.309 e. The predicted octanol–water partition coefficient (Wildman–Crippen LogP) is 14.8. The third-order valence-electron chi connectivity index (χ3n) is 12.0. The molecule has 0 spiro atoms. The zero-order valence-electron chi connectivity index (χ0n) is 33.1. The Morgan fingerprint density at radius 3 is 1.30 bits per heavy atom. The highest BCUT2D eigenvalue weighted by atomic mass is 32.3. The van der Waals surface area contributed by atoms with Crippen LogP contribution in [-0.4, -0.2) is 19.1 Å². The first-order valence-electron chi connectivity index (χ1n) is 20.7. The van der Waals surface area contributed by atoms with E-state index in [4.69, 9.17) is 9.97 Å². The maximum atomic E-state index is 5.53. The molecule has 4 nitrogen and oxygen atoms in total. The maximum absolute atomic E-state index is 5.53. The van der Waals surface area contributed by atoms with Gasteiger partial charge in [-0.3, -0.25) is 4.57 Å². The molecular formula is C56H38N4S. The minimum absolute atomic E-state index is 0.646. The summed E-state index contributed by atoms with van der Waals surface area (Å²) in [5, 5.41) is 5.83. The average Bonchev–Trinajstić information content (AvgIpc) is 3.86. The van der Waals surface area contributed by atoms with Crippen molar-refractivity contribution in [1.29, 1.82) is 0 Å². The molecule has 0 atom stereocenters. The summed E-state index contributed by atoms with van der Waals surface area (Å²) in [4.78, 5) is 16.0. The first-order chi connectivity index (χ1) is 30.3. The number of aromatic nitrogens is 4. The molecule has 0 saturated heterocycles. The molecule has 9 aromatic carbocycles. The SMILES string of the molecule is c1ccc(-n2c3ccccc3c3c4c5ccccc5n(-c5nc(-c6ccc(S(c7ccccc7)(c7ccccc7)c7ccccc7)cc6)c6ccccc6n5)c4ccc32)cc1. The molecule has 3 heterocycles. The number of rotatable bonds is 7. The Morgan fingerprint density at radius 1 is 0.311 bits per heavy atom. The van der Waals surface area contributed by atoms with Gasteiger partial charge in [-0.15, -0.1) is 10.0 Å². The number of para-hydroxylation sites is 4. The van der Waals surface area contributed by atoms with E-state index in [-0.39, 0.29) is 0 Å². The molecule has 12 aromatic rings. The van der Waals surface area contributed by atoms with Gasteiger partial charge in [0.25, 0.3) is 0 Å². The van der Waals surface area contributed by atoms with Crippen LogP contribution in [0.15, 0.2) is 250 Å². The van der Waals surface area contributed by atoms with Crippen molar-refractivity contribution in [1.82, 2.24) is 19.1 Å². The van der Waals surface area contributed by atoms with Gasteiger partial charge in [-0.05, 0) is 91.0 Å². The third kappa shape index (κ3) is 5.41. The standard InChI is InChI=1S/C56H38N4S/c1-5-19-40(20-6-1)59-49-31-17-14-28-46(49)53-51(59)37-38-52-54(53)47-29-15-18-32-50(47)60(52)56-57-48-30-16-13-27-45(48)55(58-56)39-33-35-44(36-34-39)61(41-21-7-2-8-22-41,42-23-9-3-10-24-42)43-25-11-4-12-26-43/h1-38H. The van der Waals surface area contributed by atoms with Crippen molar-refractivity contribution < 1.29 is 0 Å². The van der Waals surface area contributed by atoms with Crippen LogP contribution in [0.4, 0.5) is 0 Å². The van der Waals surface area contributed by atoms with E-state index in [2.05, 4.69) is 240 Å². The van der Waals surface area contributed by atoms with Crippen LogP contribution in [0.3, 0.4) is 0 Å². The molecule has 0 N–H and O–H groups in total. The normalized spacial score (nSPS) is 12.2. The highest BCUT2D eigenvalue weighted by molar-refractivity contribution is 8.34. The minimum atomic E-state index is -1.83. The summed E-state index contributed by atoms with van der Waals surface area (Å²) in [5.41, 5.74) is 8.47. The lowest BCUT2D eigenvalue weighted by atomic mass is 10.1. The number of fused-ring (bicyclic) bond motifs is 8. The monoisotopic (exact) mass is 798 g/mol. The molecule has 0 radical (unpaired) electrons. The van der Waals surface area contributed by atoms with Gasteiger partial charge in [0.15, 0.2) is 0 Å². The summed E-state index contributed by atoms with van der Waals surface area (Å²) >= 11 is 0. The molecule has 61 heavy (non-hydrogen) atoms. The van der Waals surface area contributed by atoms with E-state index < -0.39 is 10.0 Å². The molecule has 0 unspecified atom stereocenters. The van der Waals surface area contributed by atoms with Crippen LogP contribution >= 0.6 is 10.0 Å². The van der Waals surface area contributed by atoms with E-state index in [0.717, 1.165) is 38.9 Å². The van der Waals surface area contributed by atoms with Gasteiger partial charge in [0.1, 0.15) is 0 Å². The van der Waals surface area contributed by atoms with Crippen molar-refractivity contribution in [3.8, 4) is 22.9 Å². The summed E-state index contributed by atoms with van der Waals surface area (Å²) in [6.45, 7) is 0. The topological polar surface area (TPSA) is 35.6 Å². The van der Waals surface area contributed by atoms with E-state index >= 15 is 0 Å². The predicted molar refractivity (Wildman–Crippen MR) is 254 cm³/mol. The molecule has 3 aromatic heterocycles. The van der Waals surface area contributed by atoms with Gasteiger partial charge in [0.2, 0.25) is 5.95 Å². The van der Waals surface area contributed by atoms with Crippen LogP contribution in [0, 0.1) is 0 Å². The Bertz CT molecular complexity index is 3460. The molecule has 5 heteroatoms. The zero-order valence-corrected chi connectivity index (χ0v) is 34.0. The van der Waals surface area contributed by atoms with Gasteiger partial charge in [0, 0.05) is 57.8 Å². The van der Waals surface area contributed by atoms with E-state index in [0.29, 0.717) is 5.95 Å². The molecular weight excluding hydrogens is 761 g/mol. The van der Waals surface area contributed by atoms with Crippen molar-refractivity contribution in [2.24, 2.45) is 0 Å². The van der Waals surface area contributed by atoms with Gasteiger partial charge in [-0.25, -0.2) is 9.97 Å².